The summed E-state index contributed by atoms with van der Waals surface area (Å²) in [6.07, 6.45) is 12.9. The minimum Gasteiger partial charge on any atom is -0.267 e. The summed E-state index contributed by atoms with van der Waals surface area (Å²) in [7, 11) is 0. The Bertz CT molecular complexity index is 331. The molecule has 0 amide bonds. The van der Waals surface area contributed by atoms with Crippen molar-refractivity contribution in [1.29, 1.82) is 0 Å². The summed E-state index contributed by atoms with van der Waals surface area (Å²) in [5, 5.41) is 4.52. The third kappa shape index (κ3) is 1.08. The molecule has 0 aromatic carbocycles. The summed E-state index contributed by atoms with van der Waals surface area (Å²) in [6.45, 7) is 0. The number of nitrogens with zero attached hydrogens (tertiary/aromatic N) is 2. The van der Waals surface area contributed by atoms with Gasteiger partial charge in [-0.15, -0.1) is 0 Å². The Morgan fingerprint density at radius 3 is 2.07 bits per heavy atom. The van der Waals surface area contributed by atoms with Crippen LogP contribution < -0.4 is 0 Å². The van der Waals surface area contributed by atoms with Crippen molar-refractivity contribution in [1.82, 2.24) is 9.78 Å². The summed E-state index contributed by atoms with van der Waals surface area (Å²) >= 11 is 0. The standard InChI is InChI=1S/C13H18N2/c1-2-14-15(3-1)13-7-10-4-11(8-13)6-12(5-10)9-13/h1-3,10-12H,4-9H2. The second kappa shape index (κ2) is 2.66. The highest BCUT2D eigenvalue weighted by Gasteiger charge is 2.52. The lowest BCUT2D eigenvalue weighted by molar-refractivity contribution is -0.0494. The molecule has 0 unspecified atom stereocenters. The number of rotatable bonds is 1. The molecule has 0 atom stereocenters. The van der Waals surface area contributed by atoms with Crippen LogP contribution in [0.1, 0.15) is 38.5 Å². The Hall–Kier alpha value is -0.790. The fourth-order valence-corrected chi connectivity index (χ4v) is 4.89. The smallest absolute Gasteiger partial charge is 0.0635 e. The second-order valence-electron chi connectivity index (χ2n) is 6.09. The first-order chi connectivity index (χ1) is 7.34. The summed E-state index contributed by atoms with van der Waals surface area (Å²) in [5.74, 6) is 3.04. The van der Waals surface area contributed by atoms with E-state index in [0.717, 1.165) is 17.8 Å². The molecular weight excluding hydrogens is 184 g/mol. The third-order valence-electron chi connectivity index (χ3n) is 5.00. The van der Waals surface area contributed by atoms with Crippen LogP contribution in [0, 0.1) is 17.8 Å². The van der Waals surface area contributed by atoms with Crippen LogP contribution in [0.2, 0.25) is 0 Å². The molecule has 2 heteroatoms. The van der Waals surface area contributed by atoms with Gasteiger partial charge in [-0.05, 0) is 62.3 Å². The molecule has 0 N–H and O–H groups in total. The molecule has 4 aliphatic carbocycles. The highest BCUT2D eigenvalue weighted by Crippen LogP contribution is 2.58. The summed E-state index contributed by atoms with van der Waals surface area (Å²) in [6, 6.07) is 2.08. The van der Waals surface area contributed by atoms with Gasteiger partial charge in [0.1, 0.15) is 0 Å². The van der Waals surface area contributed by atoms with Gasteiger partial charge in [0.25, 0.3) is 0 Å². The average Bonchev–Trinajstić information content (AvgIpc) is 2.67. The van der Waals surface area contributed by atoms with Gasteiger partial charge in [0.2, 0.25) is 0 Å². The van der Waals surface area contributed by atoms with Crippen LogP contribution >= 0.6 is 0 Å². The van der Waals surface area contributed by atoms with Gasteiger partial charge in [-0.1, -0.05) is 0 Å². The predicted octanol–water partition coefficient (Wildman–Crippen LogP) is 2.81. The van der Waals surface area contributed by atoms with Crippen LogP contribution in [0.15, 0.2) is 18.5 Å². The predicted molar refractivity (Wildman–Crippen MR) is 58.4 cm³/mol. The Morgan fingerprint density at radius 2 is 1.60 bits per heavy atom. The van der Waals surface area contributed by atoms with Gasteiger partial charge in [0.15, 0.2) is 0 Å². The molecule has 0 radical (unpaired) electrons. The van der Waals surface area contributed by atoms with Crippen LogP contribution in [-0.4, -0.2) is 9.78 Å². The topological polar surface area (TPSA) is 17.8 Å². The van der Waals surface area contributed by atoms with E-state index in [9.17, 15) is 0 Å². The van der Waals surface area contributed by atoms with Crippen molar-refractivity contribution in [2.75, 3.05) is 0 Å². The maximum Gasteiger partial charge on any atom is 0.0635 e. The van der Waals surface area contributed by atoms with Crippen LogP contribution in [0.5, 0.6) is 0 Å². The SMILES string of the molecule is c1cnn(C23CC4CC(CC(C4)C2)C3)c1. The van der Waals surface area contributed by atoms with Crippen molar-refractivity contribution < 1.29 is 0 Å². The van der Waals surface area contributed by atoms with Gasteiger partial charge in [0, 0.05) is 12.4 Å². The zero-order valence-corrected chi connectivity index (χ0v) is 9.10. The number of hydrogen-bond acceptors (Lipinski definition) is 1. The van der Waals surface area contributed by atoms with Gasteiger partial charge in [-0.25, -0.2) is 0 Å². The molecule has 4 bridgehead atoms. The van der Waals surface area contributed by atoms with Crippen molar-refractivity contribution >= 4 is 0 Å². The van der Waals surface area contributed by atoms with Gasteiger partial charge < -0.3 is 0 Å². The molecule has 5 rings (SSSR count). The van der Waals surface area contributed by atoms with Crippen LogP contribution in [0.25, 0.3) is 0 Å². The van der Waals surface area contributed by atoms with Gasteiger partial charge in [0.05, 0.1) is 5.54 Å². The molecule has 0 saturated heterocycles. The van der Waals surface area contributed by atoms with Crippen LogP contribution in [-0.2, 0) is 5.54 Å². The van der Waals surface area contributed by atoms with Crippen molar-refractivity contribution in [3.63, 3.8) is 0 Å². The first-order valence-electron chi connectivity index (χ1n) is 6.34. The molecule has 4 saturated carbocycles. The molecule has 4 fully saturated rings. The van der Waals surface area contributed by atoms with Gasteiger partial charge >= 0.3 is 0 Å². The van der Waals surface area contributed by atoms with E-state index in [0.29, 0.717) is 5.54 Å². The second-order valence-corrected chi connectivity index (χ2v) is 6.09. The van der Waals surface area contributed by atoms with E-state index in [1.807, 2.05) is 6.20 Å². The molecule has 0 aliphatic heterocycles. The molecule has 15 heavy (non-hydrogen) atoms. The number of aromatic nitrogens is 2. The normalized spacial score (nSPS) is 47.3. The third-order valence-corrected chi connectivity index (χ3v) is 5.00. The van der Waals surface area contributed by atoms with Crippen LogP contribution in [0.3, 0.4) is 0 Å². The van der Waals surface area contributed by atoms with Crippen LogP contribution in [0.4, 0.5) is 0 Å². The van der Waals surface area contributed by atoms with Crippen molar-refractivity contribution in [3.8, 4) is 0 Å². The lowest BCUT2D eigenvalue weighted by Crippen LogP contribution is -2.52. The first kappa shape index (κ1) is 8.37. The van der Waals surface area contributed by atoms with E-state index < -0.39 is 0 Å². The minimum atomic E-state index is 0.429. The Morgan fingerprint density at radius 1 is 1.00 bits per heavy atom. The molecular formula is C13H18N2. The lowest BCUT2D eigenvalue weighted by atomic mass is 9.53. The van der Waals surface area contributed by atoms with E-state index in [4.69, 9.17) is 0 Å². The molecule has 2 nitrogen and oxygen atoms in total. The first-order valence-corrected chi connectivity index (χ1v) is 6.34. The van der Waals surface area contributed by atoms with Crippen molar-refractivity contribution in [2.45, 2.75) is 44.1 Å². The van der Waals surface area contributed by atoms with E-state index in [1.54, 1.807) is 0 Å². The van der Waals surface area contributed by atoms with E-state index in [-0.39, 0.29) is 0 Å². The Kier molecular flexibility index (Phi) is 1.48. The quantitative estimate of drug-likeness (QED) is 0.684. The molecule has 0 spiro atoms. The maximum absolute atomic E-state index is 4.52. The fraction of sp³-hybridized carbons (Fsp3) is 0.769. The van der Waals surface area contributed by atoms with E-state index in [1.165, 1.54) is 38.5 Å². The van der Waals surface area contributed by atoms with Crippen molar-refractivity contribution in [3.05, 3.63) is 18.5 Å². The summed E-state index contributed by atoms with van der Waals surface area (Å²) in [4.78, 5) is 0. The molecule has 1 aromatic heterocycles. The van der Waals surface area contributed by atoms with Gasteiger partial charge in [-0.2, -0.15) is 5.10 Å². The lowest BCUT2D eigenvalue weighted by Gasteiger charge is -2.56. The summed E-state index contributed by atoms with van der Waals surface area (Å²) in [5.41, 5.74) is 0.429. The average molecular weight is 202 g/mol. The Balaban J connectivity index is 1.77. The Labute approximate surface area is 90.7 Å². The largest absolute Gasteiger partial charge is 0.267 e. The molecule has 4 aliphatic rings. The minimum absolute atomic E-state index is 0.429. The fourth-order valence-electron chi connectivity index (χ4n) is 4.89. The van der Waals surface area contributed by atoms with Gasteiger partial charge in [-0.3, -0.25) is 4.68 Å². The number of hydrogen-bond donors (Lipinski definition) is 0. The van der Waals surface area contributed by atoms with E-state index in [2.05, 4.69) is 22.0 Å². The highest BCUT2D eigenvalue weighted by molar-refractivity contribution is 5.05. The van der Waals surface area contributed by atoms with Crippen molar-refractivity contribution in [2.24, 2.45) is 17.8 Å². The monoisotopic (exact) mass is 202 g/mol. The highest BCUT2D eigenvalue weighted by atomic mass is 15.3. The maximum atomic E-state index is 4.52. The zero-order valence-electron chi connectivity index (χ0n) is 9.10. The molecule has 1 aromatic rings. The molecule has 80 valence electrons. The zero-order chi connectivity index (χ0) is 9.88. The molecule has 1 heterocycles. The summed E-state index contributed by atoms with van der Waals surface area (Å²) < 4.78 is 2.29. The van der Waals surface area contributed by atoms with E-state index >= 15 is 0 Å².